The van der Waals surface area contributed by atoms with Gasteiger partial charge in [0.05, 0.1) is 15.9 Å². The van der Waals surface area contributed by atoms with Gasteiger partial charge in [-0.25, -0.2) is 31.1 Å². The van der Waals surface area contributed by atoms with Crippen LogP contribution in [0.4, 0.5) is 4.39 Å². The number of hydrogen-bond donors (Lipinski definition) is 0. The van der Waals surface area contributed by atoms with Gasteiger partial charge in [-0.1, -0.05) is 10.3 Å². The third-order valence-electron chi connectivity index (χ3n) is 3.91. The second kappa shape index (κ2) is 7.93. The van der Waals surface area contributed by atoms with Crippen LogP contribution in [-0.2, 0) is 16.4 Å². The van der Waals surface area contributed by atoms with E-state index in [1.54, 1.807) is 0 Å². The molecular formula is C15H15BrFN5O5S. The molecule has 0 atom stereocenters. The average molecular weight is 476 g/mol. The van der Waals surface area contributed by atoms with Gasteiger partial charge in [0, 0.05) is 14.1 Å². The molecule has 0 N–H and O–H groups in total. The average Bonchev–Trinajstić information content (AvgIpc) is 3.23. The van der Waals surface area contributed by atoms with E-state index in [0.29, 0.717) is 11.4 Å². The lowest BCUT2D eigenvalue weighted by Crippen LogP contribution is -2.25. The van der Waals surface area contributed by atoms with E-state index in [2.05, 4.69) is 31.4 Å². The Morgan fingerprint density at radius 2 is 2.00 bits per heavy atom. The topological polar surface area (TPSA) is 124 Å². The maximum Gasteiger partial charge on any atom is 0.446 e. The normalized spacial score (nSPS) is 12.0. The fourth-order valence-corrected chi connectivity index (χ4v) is 3.64. The molecule has 2 aromatic heterocycles. The summed E-state index contributed by atoms with van der Waals surface area (Å²) in [6, 6.07) is 3.93. The van der Waals surface area contributed by atoms with E-state index >= 15 is 0 Å². The number of aryl methyl sites for hydroxylation is 1. The maximum atomic E-state index is 13.5. The van der Waals surface area contributed by atoms with Crippen LogP contribution in [0.25, 0.3) is 17.2 Å². The molecule has 0 aliphatic rings. The monoisotopic (exact) mass is 475 g/mol. The molecule has 0 radical (unpaired) electrons. The largest absolute Gasteiger partial charge is 0.446 e. The summed E-state index contributed by atoms with van der Waals surface area (Å²) in [7, 11) is -0.457. The molecule has 0 fully saturated rings. The van der Waals surface area contributed by atoms with Crippen molar-refractivity contribution in [2.24, 2.45) is 0 Å². The molecule has 13 heteroatoms. The van der Waals surface area contributed by atoms with E-state index in [1.165, 1.54) is 32.3 Å². The fourth-order valence-electron chi connectivity index (χ4n) is 2.40. The van der Waals surface area contributed by atoms with Gasteiger partial charge in [0.2, 0.25) is 15.8 Å². The highest BCUT2D eigenvalue weighted by Crippen LogP contribution is 2.24. The van der Waals surface area contributed by atoms with Crippen LogP contribution in [0, 0.1) is 5.82 Å². The highest BCUT2D eigenvalue weighted by Gasteiger charge is 2.23. The van der Waals surface area contributed by atoms with Crippen LogP contribution >= 0.6 is 15.9 Å². The van der Waals surface area contributed by atoms with E-state index < -0.39 is 21.6 Å². The second-order valence-electron chi connectivity index (χ2n) is 5.97. The number of nitrogens with zero attached hydrogens (tertiary/aromatic N) is 5. The summed E-state index contributed by atoms with van der Waals surface area (Å²) in [4.78, 5) is 12.1. The van der Waals surface area contributed by atoms with Gasteiger partial charge in [0.15, 0.2) is 5.69 Å². The molecule has 3 aromatic rings. The van der Waals surface area contributed by atoms with Crippen molar-refractivity contribution >= 4 is 26.0 Å². The van der Waals surface area contributed by atoms with Crippen molar-refractivity contribution in [2.45, 2.75) is 12.8 Å². The molecular weight excluding hydrogens is 461 g/mol. The third-order valence-corrected chi connectivity index (χ3v) is 6.43. The molecule has 0 spiro atoms. The Hall–Kier alpha value is -2.38. The van der Waals surface area contributed by atoms with Gasteiger partial charge >= 0.3 is 5.76 Å². The van der Waals surface area contributed by atoms with E-state index in [-0.39, 0.29) is 34.6 Å². The van der Waals surface area contributed by atoms with Crippen LogP contribution in [0.2, 0.25) is 0 Å². The van der Waals surface area contributed by atoms with Gasteiger partial charge < -0.3 is 0 Å². The highest BCUT2D eigenvalue weighted by atomic mass is 79.9. The summed E-state index contributed by atoms with van der Waals surface area (Å²) in [6.45, 7) is 0. The lowest BCUT2D eigenvalue weighted by Gasteiger charge is -2.10. The summed E-state index contributed by atoms with van der Waals surface area (Å²) >= 11 is 3.06. The minimum Gasteiger partial charge on any atom is -0.295 e. The van der Waals surface area contributed by atoms with Gasteiger partial charge in [-0.05, 0) is 52.1 Å². The van der Waals surface area contributed by atoms with Crippen molar-refractivity contribution in [3.8, 4) is 17.2 Å². The number of aromatic nitrogens is 4. The predicted octanol–water partition coefficient (Wildman–Crippen LogP) is 1.60. The first-order chi connectivity index (χ1) is 13.2. The minimum absolute atomic E-state index is 0.00947. The molecule has 150 valence electrons. The maximum absolute atomic E-state index is 13.5. The number of sulfonamides is 1. The highest BCUT2D eigenvalue weighted by molar-refractivity contribution is 9.10. The van der Waals surface area contributed by atoms with Gasteiger partial charge in [-0.15, -0.1) is 0 Å². The molecule has 1 aromatic carbocycles. The molecule has 0 saturated carbocycles. The Kier molecular flexibility index (Phi) is 5.76. The summed E-state index contributed by atoms with van der Waals surface area (Å²) < 4.78 is 49.1. The molecule has 2 heterocycles. The molecule has 0 aliphatic carbocycles. The van der Waals surface area contributed by atoms with Crippen LogP contribution in [0.15, 0.2) is 36.6 Å². The predicted molar refractivity (Wildman–Crippen MR) is 98.8 cm³/mol. The van der Waals surface area contributed by atoms with E-state index in [9.17, 15) is 17.6 Å². The van der Waals surface area contributed by atoms with Gasteiger partial charge in [-0.2, -0.15) is 0 Å². The minimum atomic E-state index is -3.36. The summed E-state index contributed by atoms with van der Waals surface area (Å²) in [5.41, 5.74) is 0.740. The van der Waals surface area contributed by atoms with Crippen LogP contribution in [-0.4, -0.2) is 52.6 Å². The number of halogens is 2. The Bertz CT molecular complexity index is 1150. The van der Waals surface area contributed by atoms with E-state index in [4.69, 9.17) is 9.15 Å². The van der Waals surface area contributed by atoms with E-state index in [0.717, 1.165) is 8.87 Å². The van der Waals surface area contributed by atoms with Crippen LogP contribution in [0.5, 0.6) is 0 Å². The lowest BCUT2D eigenvalue weighted by molar-refractivity contribution is 0.304. The van der Waals surface area contributed by atoms with Crippen LogP contribution in [0.1, 0.15) is 12.1 Å². The summed E-state index contributed by atoms with van der Waals surface area (Å²) in [5, 5.41) is 11.2. The van der Waals surface area contributed by atoms with Gasteiger partial charge in [0.1, 0.15) is 11.5 Å². The van der Waals surface area contributed by atoms with Crippen molar-refractivity contribution in [2.75, 3.05) is 19.8 Å². The van der Waals surface area contributed by atoms with Crippen LogP contribution in [0.3, 0.4) is 0 Å². The lowest BCUT2D eigenvalue weighted by atomic mass is 10.2. The van der Waals surface area contributed by atoms with Crippen LogP contribution < -0.4 is 5.76 Å². The molecule has 3 rings (SSSR count). The molecule has 0 unspecified atom stereocenters. The number of hydrogen-bond acceptors (Lipinski definition) is 8. The van der Waals surface area contributed by atoms with Gasteiger partial charge in [-0.3, -0.25) is 4.52 Å². The third kappa shape index (κ3) is 4.05. The SMILES string of the molecule is CN(C)S(=O)(=O)CCCc1nonc1-c1noc(=O)n1-c1ccc(F)c(Br)c1. The zero-order valence-corrected chi connectivity index (χ0v) is 17.2. The molecule has 28 heavy (non-hydrogen) atoms. The first-order valence-electron chi connectivity index (χ1n) is 7.97. The van der Waals surface area contributed by atoms with Crippen molar-refractivity contribution in [1.29, 1.82) is 0 Å². The first-order valence-corrected chi connectivity index (χ1v) is 10.4. The first kappa shape index (κ1) is 20.4. The quantitative estimate of drug-likeness (QED) is 0.504. The Labute approximate surface area is 167 Å². The standard InChI is InChI=1S/C15H15BrFN5O5S/c1-21(2)28(24,25)7-3-4-12-13(19-27-18-12)14-20-26-15(23)22(14)9-5-6-11(17)10(16)8-9/h5-6,8H,3-4,7H2,1-2H3. The fraction of sp³-hybridized carbons (Fsp3) is 0.333. The van der Waals surface area contributed by atoms with Crippen molar-refractivity contribution < 1.29 is 22.0 Å². The second-order valence-corrected chi connectivity index (χ2v) is 9.12. The summed E-state index contributed by atoms with van der Waals surface area (Å²) in [5.74, 6) is -1.39. The van der Waals surface area contributed by atoms with Crippen molar-refractivity contribution in [1.82, 2.24) is 24.3 Å². The van der Waals surface area contributed by atoms with Crippen molar-refractivity contribution in [3.63, 3.8) is 0 Å². The summed E-state index contributed by atoms with van der Waals surface area (Å²) in [6.07, 6.45) is 0.478. The molecule has 10 nitrogen and oxygen atoms in total. The smallest absolute Gasteiger partial charge is 0.295 e. The zero-order chi connectivity index (χ0) is 20.5. The van der Waals surface area contributed by atoms with Gasteiger partial charge in [0.25, 0.3) is 0 Å². The van der Waals surface area contributed by atoms with E-state index in [1.807, 2.05) is 0 Å². The zero-order valence-electron chi connectivity index (χ0n) is 14.8. The number of rotatable bonds is 7. The Balaban J connectivity index is 1.91. The number of benzene rings is 1. The molecule has 0 saturated heterocycles. The Morgan fingerprint density at radius 3 is 2.68 bits per heavy atom. The molecule has 0 amide bonds. The van der Waals surface area contributed by atoms with Crippen molar-refractivity contribution in [3.05, 3.63) is 44.7 Å². The Morgan fingerprint density at radius 1 is 1.25 bits per heavy atom. The molecule has 0 bridgehead atoms. The molecule has 0 aliphatic heterocycles.